The minimum atomic E-state index is -0.540. The average molecular weight is 198 g/mol. The molecule has 14 heavy (non-hydrogen) atoms. The summed E-state index contributed by atoms with van der Waals surface area (Å²) in [7, 11) is 0. The molecule has 1 saturated carbocycles. The smallest absolute Gasteiger partial charge is 0.178 e. The van der Waals surface area contributed by atoms with Crippen LogP contribution >= 0.6 is 0 Å². The zero-order chi connectivity index (χ0) is 10.2. The fraction of sp³-hybridized carbons (Fsp3) is 0.909. The number of rotatable bonds is 2. The van der Waals surface area contributed by atoms with Crippen LogP contribution in [0.5, 0.6) is 0 Å². The normalized spacial score (nSPS) is 30.4. The Kier molecular flexibility index (Phi) is 2.62. The second-order valence-electron chi connectivity index (χ2n) is 4.51. The summed E-state index contributed by atoms with van der Waals surface area (Å²) in [5.74, 6) is -0.182. The van der Waals surface area contributed by atoms with Crippen LogP contribution in [0, 0.1) is 11.8 Å². The van der Waals surface area contributed by atoms with Gasteiger partial charge in [-0.25, -0.2) is 0 Å². The van der Waals surface area contributed by atoms with E-state index in [4.69, 9.17) is 9.47 Å². The van der Waals surface area contributed by atoms with Gasteiger partial charge in [-0.05, 0) is 12.8 Å². The van der Waals surface area contributed by atoms with Crippen molar-refractivity contribution in [2.45, 2.75) is 38.9 Å². The Bertz CT molecular complexity index is 223. The van der Waals surface area contributed by atoms with Crippen LogP contribution in [0.2, 0.25) is 0 Å². The molecule has 3 heteroatoms. The lowest BCUT2D eigenvalue weighted by molar-refractivity contribution is -0.186. The molecule has 3 nitrogen and oxygen atoms in total. The van der Waals surface area contributed by atoms with E-state index in [-0.39, 0.29) is 11.8 Å². The summed E-state index contributed by atoms with van der Waals surface area (Å²) < 4.78 is 11.3. The second-order valence-corrected chi connectivity index (χ2v) is 4.51. The van der Waals surface area contributed by atoms with Crippen LogP contribution in [-0.2, 0) is 14.3 Å². The maximum Gasteiger partial charge on any atom is 0.178 e. The van der Waals surface area contributed by atoms with E-state index < -0.39 is 5.79 Å². The van der Waals surface area contributed by atoms with E-state index >= 15 is 0 Å². The SMILES string of the molecule is CC(C)C(=O)C1CCCC12OCCO2. The van der Waals surface area contributed by atoms with Gasteiger partial charge >= 0.3 is 0 Å². The van der Waals surface area contributed by atoms with Gasteiger partial charge in [0.15, 0.2) is 5.79 Å². The first-order valence-electron chi connectivity index (χ1n) is 5.47. The van der Waals surface area contributed by atoms with Gasteiger partial charge in [0.1, 0.15) is 5.78 Å². The van der Waals surface area contributed by atoms with Crippen LogP contribution < -0.4 is 0 Å². The highest BCUT2D eigenvalue weighted by Crippen LogP contribution is 2.43. The van der Waals surface area contributed by atoms with Crippen molar-refractivity contribution < 1.29 is 14.3 Å². The molecule has 2 aliphatic rings. The molecule has 2 fully saturated rings. The van der Waals surface area contributed by atoms with Gasteiger partial charge in [-0.2, -0.15) is 0 Å². The maximum atomic E-state index is 11.9. The molecule has 1 aliphatic heterocycles. The molecule has 0 bridgehead atoms. The minimum Gasteiger partial charge on any atom is -0.347 e. The standard InChI is InChI=1S/C11H18O3/c1-8(2)10(12)9-4-3-5-11(9)13-6-7-14-11/h8-9H,3-7H2,1-2H3. The van der Waals surface area contributed by atoms with E-state index in [0.717, 1.165) is 19.3 Å². The topological polar surface area (TPSA) is 35.5 Å². The van der Waals surface area contributed by atoms with E-state index in [1.807, 2.05) is 13.8 Å². The molecular weight excluding hydrogens is 180 g/mol. The van der Waals surface area contributed by atoms with Crippen LogP contribution in [0.1, 0.15) is 33.1 Å². The summed E-state index contributed by atoms with van der Waals surface area (Å²) in [5, 5.41) is 0. The molecule has 1 aliphatic carbocycles. The van der Waals surface area contributed by atoms with Crippen molar-refractivity contribution in [2.24, 2.45) is 11.8 Å². The van der Waals surface area contributed by atoms with Gasteiger partial charge in [0.2, 0.25) is 0 Å². The Labute approximate surface area is 84.8 Å². The summed E-state index contributed by atoms with van der Waals surface area (Å²) in [6, 6.07) is 0. The molecular formula is C11H18O3. The van der Waals surface area contributed by atoms with Crippen LogP contribution in [0.15, 0.2) is 0 Å². The third kappa shape index (κ3) is 1.48. The van der Waals surface area contributed by atoms with Crippen molar-refractivity contribution in [3.8, 4) is 0 Å². The van der Waals surface area contributed by atoms with Crippen molar-refractivity contribution in [1.82, 2.24) is 0 Å². The van der Waals surface area contributed by atoms with E-state index in [2.05, 4.69) is 0 Å². The van der Waals surface area contributed by atoms with Crippen molar-refractivity contribution in [3.05, 3.63) is 0 Å². The van der Waals surface area contributed by atoms with Gasteiger partial charge in [-0.1, -0.05) is 13.8 Å². The molecule has 1 spiro atoms. The van der Waals surface area contributed by atoms with Crippen LogP contribution in [0.4, 0.5) is 0 Å². The molecule has 0 radical (unpaired) electrons. The number of Topliss-reactive ketones (excluding diaryl/α,β-unsaturated/α-hetero) is 1. The number of hydrogen-bond acceptors (Lipinski definition) is 3. The van der Waals surface area contributed by atoms with Gasteiger partial charge in [-0.3, -0.25) is 4.79 Å². The van der Waals surface area contributed by atoms with Crippen molar-refractivity contribution >= 4 is 5.78 Å². The molecule has 1 saturated heterocycles. The van der Waals surface area contributed by atoms with E-state index in [0.29, 0.717) is 19.0 Å². The predicted molar refractivity (Wildman–Crippen MR) is 51.8 cm³/mol. The molecule has 2 rings (SSSR count). The minimum absolute atomic E-state index is 0.0231. The molecule has 0 amide bonds. The molecule has 80 valence electrons. The monoisotopic (exact) mass is 198 g/mol. The van der Waals surface area contributed by atoms with E-state index in [9.17, 15) is 4.79 Å². The van der Waals surface area contributed by atoms with E-state index in [1.54, 1.807) is 0 Å². The highest BCUT2D eigenvalue weighted by molar-refractivity contribution is 5.84. The molecule has 0 aromatic heterocycles. The number of ketones is 1. The van der Waals surface area contributed by atoms with Gasteiger partial charge in [0.05, 0.1) is 19.1 Å². The summed E-state index contributed by atoms with van der Waals surface area (Å²) in [5.41, 5.74) is 0. The first-order chi connectivity index (χ1) is 6.66. The van der Waals surface area contributed by atoms with Gasteiger partial charge in [-0.15, -0.1) is 0 Å². The number of hydrogen-bond donors (Lipinski definition) is 0. The van der Waals surface area contributed by atoms with Crippen molar-refractivity contribution in [2.75, 3.05) is 13.2 Å². The third-order valence-corrected chi connectivity index (χ3v) is 3.24. The van der Waals surface area contributed by atoms with Gasteiger partial charge < -0.3 is 9.47 Å². The Balaban J connectivity index is 2.14. The summed E-state index contributed by atoms with van der Waals surface area (Å²) in [4.78, 5) is 11.9. The Morgan fingerprint density at radius 1 is 1.36 bits per heavy atom. The Morgan fingerprint density at radius 2 is 2.00 bits per heavy atom. The second kappa shape index (κ2) is 3.63. The molecule has 0 aromatic rings. The van der Waals surface area contributed by atoms with Crippen LogP contribution in [0.25, 0.3) is 0 Å². The summed E-state index contributed by atoms with van der Waals surface area (Å²) in [6.45, 7) is 5.18. The number of carbonyl (C=O) groups is 1. The lowest BCUT2D eigenvalue weighted by atomic mass is 9.90. The van der Waals surface area contributed by atoms with Crippen molar-refractivity contribution in [1.29, 1.82) is 0 Å². The predicted octanol–water partition coefficient (Wildman–Crippen LogP) is 1.75. The summed E-state index contributed by atoms with van der Waals surface area (Å²) in [6.07, 6.45) is 2.86. The lowest BCUT2D eigenvalue weighted by Gasteiger charge is -2.29. The quantitative estimate of drug-likeness (QED) is 0.678. The number of carbonyl (C=O) groups excluding carboxylic acids is 1. The fourth-order valence-corrected chi connectivity index (χ4v) is 2.52. The average Bonchev–Trinajstić information content (AvgIpc) is 2.76. The molecule has 1 unspecified atom stereocenters. The van der Waals surface area contributed by atoms with Crippen molar-refractivity contribution in [3.63, 3.8) is 0 Å². The third-order valence-electron chi connectivity index (χ3n) is 3.24. The molecule has 1 atom stereocenters. The number of ether oxygens (including phenoxy) is 2. The largest absolute Gasteiger partial charge is 0.347 e. The van der Waals surface area contributed by atoms with Crippen LogP contribution in [0.3, 0.4) is 0 Å². The van der Waals surface area contributed by atoms with Gasteiger partial charge in [0, 0.05) is 12.3 Å². The van der Waals surface area contributed by atoms with E-state index in [1.165, 1.54) is 0 Å². The molecule has 0 N–H and O–H groups in total. The first-order valence-corrected chi connectivity index (χ1v) is 5.47. The Morgan fingerprint density at radius 3 is 2.57 bits per heavy atom. The zero-order valence-electron chi connectivity index (χ0n) is 8.91. The zero-order valence-corrected chi connectivity index (χ0v) is 8.91. The Hall–Kier alpha value is -0.410. The first kappa shape index (κ1) is 10.1. The maximum absolute atomic E-state index is 11.9. The lowest BCUT2D eigenvalue weighted by Crippen LogP contribution is -2.40. The molecule has 0 aromatic carbocycles. The highest BCUT2D eigenvalue weighted by atomic mass is 16.7. The van der Waals surface area contributed by atoms with Crippen LogP contribution in [-0.4, -0.2) is 24.8 Å². The fourth-order valence-electron chi connectivity index (χ4n) is 2.52. The highest BCUT2D eigenvalue weighted by Gasteiger charge is 2.51. The summed E-state index contributed by atoms with van der Waals surface area (Å²) >= 11 is 0. The molecule has 1 heterocycles. The van der Waals surface area contributed by atoms with Gasteiger partial charge in [0.25, 0.3) is 0 Å².